The van der Waals surface area contributed by atoms with Gasteiger partial charge in [0, 0.05) is 16.8 Å². The van der Waals surface area contributed by atoms with Gasteiger partial charge in [-0.25, -0.2) is 9.59 Å². The second-order valence-electron chi connectivity index (χ2n) is 3.91. The minimum Gasteiger partial charge on any atom is -0.399 e. The number of carbonyl (C=O) groups excluding carboxylic acids is 2. The molecule has 0 bridgehead atoms. The number of nitrogens with two attached hydrogens (primary N) is 2. The van der Waals surface area contributed by atoms with Gasteiger partial charge in [0.05, 0.1) is 11.1 Å². The molecule has 0 aliphatic carbocycles. The Morgan fingerprint density at radius 2 is 1.29 bits per heavy atom. The third-order valence-electron chi connectivity index (χ3n) is 2.72. The van der Waals surface area contributed by atoms with Crippen molar-refractivity contribution in [2.45, 2.75) is 0 Å². The van der Waals surface area contributed by atoms with Crippen LogP contribution in [0.15, 0.2) is 24.3 Å². The van der Waals surface area contributed by atoms with Crippen molar-refractivity contribution < 1.29 is 14.3 Å². The van der Waals surface area contributed by atoms with Gasteiger partial charge in [-0.2, -0.15) is 0 Å². The van der Waals surface area contributed by atoms with Crippen molar-refractivity contribution in [1.82, 2.24) is 0 Å². The normalized spacial score (nSPS) is 13.9. The van der Waals surface area contributed by atoms with E-state index in [1.54, 1.807) is 12.1 Å². The van der Waals surface area contributed by atoms with Crippen molar-refractivity contribution in [2.75, 3.05) is 11.5 Å². The van der Waals surface area contributed by atoms with E-state index in [0.29, 0.717) is 33.3 Å². The predicted molar refractivity (Wildman–Crippen MR) is 62.5 cm³/mol. The van der Waals surface area contributed by atoms with E-state index in [4.69, 9.17) is 11.5 Å². The van der Waals surface area contributed by atoms with Crippen LogP contribution >= 0.6 is 0 Å². The summed E-state index contributed by atoms with van der Waals surface area (Å²) in [6.07, 6.45) is 0. The Hall–Kier alpha value is -2.56. The Balaban J connectivity index is 2.56. The Labute approximate surface area is 96.0 Å². The third-order valence-corrected chi connectivity index (χ3v) is 2.72. The van der Waals surface area contributed by atoms with E-state index < -0.39 is 11.9 Å². The highest BCUT2D eigenvalue weighted by Gasteiger charge is 2.27. The first-order valence-corrected chi connectivity index (χ1v) is 4.95. The number of benzene rings is 2. The van der Waals surface area contributed by atoms with Crippen molar-refractivity contribution in [3.63, 3.8) is 0 Å². The molecule has 2 aromatic carbocycles. The van der Waals surface area contributed by atoms with Gasteiger partial charge in [0.25, 0.3) is 0 Å². The van der Waals surface area contributed by atoms with Crippen molar-refractivity contribution in [3.8, 4) is 0 Å². The topological polar surface area (TPSA) is 95.4 Å². The molecular weight excluding hydrogens is 220 g/mol. The fraction of sp³-hybridized carbons (Fsp3) is 0. The largest absolute Gasteiger partial charge is 0.399 e. The van der Waals surface area contributed by atoms with Crippen LogP contribution in [0, 0.1) is 0 Å². The number of carbonyl (C=O) groups is 2. The Morgan fingerprint density at radius 3 is 1.76 bits per heavy atom. The molecule has 0 atom stereocenters. The first kappa shape index (κ1) is 9.65. The number of rotatable bonds is 0. The maximum atomic E-state index is 11.6. The van der Waals surface area contributed by atoms with Crippen LogP contribution in [0.3, 0.4) is 0 Å². The second-order valence-corrected chi connectivity index (χ2v) is 3.91. The van der Waals surface area contributed by atoms with E-state index in [-0.39, 0.29) is 0 Å². The van der Waals surface area contributed by atoms with E-state index in [9.17, 15) is 9.59 Å². The molecule has 0 amide bonds. The van der Waals surface area contributed by atoms with Crippen LogP contribution in [0.5, 0.6) is 0 Å². The summed E-state index contributed by atoms with van der Waals surface area (Å²) in [7, 11) is 0. The lowest BCUT2D eigenvalue weighted by atomic mass is 9.96. The first-order valence-electron chi connectivity index (χ1n) is 4.95. The average Bonchev–Trinajstić information content (AvgIpc) is 2.24. The monoisotopic (exact) mass is 228 g/mol. The standard InChI is InChI=1S/C12H8N2O3/c13-6-1-5-2-7(14)4-9-10(5)8(3-6)11(15)17-12(9)16/h1-4H,13-14H2. The molecule has 17 heavy (non-hydrogen) atoms. The number of hydrogen-bond donors (Lipinski definition) is 2. The molecule has 1 aliphatic rings. The highest BCUT2D eigenvalue weighted by molar-refractivity contribution is 6.21. The van der Waals surface area contributed by atoms with Crippen LogP contribution in [0.25, 0.3) is 10.8 Å². The van der Waals surface area contributed by atoms with Crippen molar-refractivity contribution in [2.24, 2.45) is 0 Å². The lowest BCUT2D eigenvalue weighted by Crippen LogP contribution is -2.20. The minimum atomic E-state index is -0.676. The smallest absolute Gasteiger partial charge is 0.346 e. The number of anilines is 2. The summed E-state index contributed by atoms with van der Waals surface area (Å²) in [5.41, 5.74) is 12.8. The van der Waals surface area contributed by atoms with Gasteiger partial charge in [-0.15, -0.1) is 0 Å². The molecule has 1 aliphatic heterocycles. The molecular formula is C12H8N2O3. The van der Waals surface area contributed by atoms with Gasteiger partial charge in [-0.05, 0) is 29.7 Å². The van der Waals surface area contributed by atoms with Crippen molar-refractivity contribution >= 4 is 34.1 Å². The molecule has 5 heteroatoms. The van der Waals surface area contributed by atoms with Crippen LogP contribution in [0.2, 0.25) is 0 Å². The van der Waals surface area contributed by atoms with Crippen molar-refractivity contribution in [1.29, 1.82) is 0 Å². The van der Waals surface area contributed by atoms with Gasteiger partial charge in [0.2, 0.25) is 0 Å². The number of ether oxygens (including phenoxy) is 1. The summed E-state index contributed by atoms with van der Waals surface area (Å²) >= 11 is 0. The molecule has 0 saturated heterocycles. The zero-order valence-corrected chi connectivity index (χ0v) is 8.69. The molecule has 2 aromatic rings. The first-order chi connectivity index (χ1) is 8.06. The van der Waals surface area contributed by atoms with Crippen LogP contribution in [-0.4, -0.2) is 11.9 Å². The van der Waals surface area contributed by atoms with E-state index in [2.05, 4.69) is 4.74 Å². The maximum absolute atomic E-state index is 11.6. The zero-order valence-electron chi connectivity index (χ0n) is 8.69. The molecule has 1 heterocycles. The Morgan fingerprint density at radius 1 is 0.824 bits per heavy atom. The lowest BCUT2D eigenvalue weighted by Gasteiger charge is -2.16. The summed E-state index contributed by atoms with van der Waals surface area (Å²) in [4.78, 5) is 23.2. The number of cyclic esters (lactones) is 2. The molecule has 84 valence electrons. The fourth-order valence-electron chi connectivity index (χ4n) is 2.08. The van der Waals surface area contributed by atoms with Gasteiger partial charge < -0.3 is 16.2 Å². The molecule has 0 aromatic heterocycles. The lowest BCUT2D eigenvalue weighted by molar-refractivity contribution is 0.0391. The molecule has 0 unspecified atom stereocenters. The van der Waals surface area contributed by atoms with Crippen LogP contribution < -0.4 is 11.5 Å². The highest BCUT2D eigenvalue weighted by atomic mass is 16.6. The Kier molecular flexibility index (Phi) is 1.69. The zero-order chi connectivity index (χ0) is 12.2. The molecule has 5 nitrogen and oxygen atoms in total. The minimum absolute atomic E-state index is 0.301. The SMILES string of the molecule is Nc1cc2c3c(cc(N)cc3c1)C(=O)OC2=O. The van der Waals surface area contributed by atoms with Gasteiger partial charge in [-0.1, -0.05) is 0 Å². The summed E-state index contributed by atoms with van der Waals surface area (Å²) in [5, 5.41) is 1.22. The number of nitrogen functional groups attached to an aromatic ring is 2. The molecule has 0 spiro atoms. The van der Waals surface area contributed by atoms with E-state index in [1.165, 1.54) is 12.1 Å². The summed E-state index contributed by atoms with van der Waals surface area (Å²) in [6.45, 7) is 0. The third kappa shape index (κ3) is 1.25. The van der Waals surface area contributed by atoms with E-state index in [0.717, 1.165) is 0 Å². The van der Waals surface area contributed by atoms with Crippen LogP contribution in [0.1, 0.15) is 20.7 Å². The fourth-order valence-corrected chi connectivity index (χ4v) is 2.08. The summed E-state index contributed by atoms with van der Waals surface area (Å²) < 4.78 is 4.62. The number of esters is 2. The number of hydrogen-bond acceptors (Lipinski definition) is 5. The van der Waals surface area contributed by atoms with Crippen molar-refractivity contribution in [3.05, 3.63) is 35.4 Å². The molecule has 0 saturated carbocycles. The highest BCUT2D eigenvalue weighted by Crippen LogP contribution is 2.32. The van der Waals surface area contributed by atoms with E-state index in [1.807, 2.05) is 0 Å². The van der Waals surface area contributed by atoms with Gasteiger partial charge in [-0.3, -0.25) is 0 Å². The Bertz CT molecular complexity index is 637. The van der Waals surface area contributed by atoms with Crippen LogP contribution in [-0.2, 0) is 4.74 Å². The second kappa shape index (κ2) is 2.98. The summed E-state index contributed by atoms with van der Waals surface area (Å²) in [5.74, 6) is -1.35. The van der Waals surface area contributed by atoms with Gasteiger partial charge in [0.15, 0.2) is 0 Å². The quantitative estimate of drug-likeness (QED) is 0.402. The summed E-state index contributed by atoms with van der Waals surface area (Å²) in [6, 6.07) is 6.34. The molecule has 4 N–H and O–H groups in total. The van der Waals surface area contributed by atoms with Crippen LogP contribution in [0.4, 0.5) is 11.4 Å². The molecule has 0 fully saturated rings. The molecule has 0 radical (unpaired) electrons. The average molecular weight is 228 g/mol. The predicted octanol–water partition coefficient (Wildman–Crippen LogP) is 1.31. The van der Waals surface area contributed by atoms with E-state index >= 15 is 0 Å². The van der Waals surface area contributed by atoms with Gasteiger partial charge in [0.1, 0.15) is 0 Å². The van der Waals surface area contributed by atoms with Gasteiger partial charge >= 0.3 is 11.9 Å². The molecule has 3 rings (SSSR count). The maximum Gasteiger partial charge on any atom is 0.346 e.